The van der Waals surface area contributed by atoms with E-state index in [1.807, 2.05) is 0 Å². The summed E-state index contributed by atoms with van der Waals surface area (Å²) in [7, 11) is -4.37. The van der Waals surface area contributed by atoms with Crippen LogP contribution in [0.15, 0.2) is 0 Å². The molecule has 0 saturated carbocycles. The highest BCUT2D eigenvalue weighted by Crippen LogP contribution is 2.36. The molecule has 7 heteroatoms. The van der Waals surface area contributed by atoms with Gasteiger partial charge in [0.25, 0.3) is 0 Å². The van der Waals surface area contributed by atoms with E-state index in [0.29, 0.717) is 6.61 Å². The van der Waals surface area contributed by atoms with E-state index in [-0.39, 0.29) is 19.0 Å². The number of hydrogen-bond acceptors (Lipinski definition) is 4. The molecule has 1 aliphatic heterocycles. The lowest BCUT2D eigenvalue weighted by Gasteiger charge is -2.09. The van der Waals surface area contributed by atoms with Crippen molar-refractivity contribution in [1.29, 1.82) is 0 Å². The van der Waals surface area contributed by atoms with Gasteiger partial charge in [0, 0.05) is 0 Å². The summed E-state index contributed by atoms with van der Waals surface area (Å²) < 4.78 is 24.5. The van der Waals surface area contributed by atoms with Gasteiger partial charge < -0.3 is 19.3 Å². The Bertz CT molecular complexity index is 188. The Morgan fingerprint density at radius 3 is 2.75 bits per heavy atom. The molecule has 0 aliphatic carbocycles. The Hall–Kier alpha value is 0.0300. The van der Waals surface area contributed by atoms with Crippen molar-refractivity contribution in [3.8, 4) is 0 Å². The van der Waals surface area contributed by atoms with Crippen molar-refractivity contribution in [1.82, 2.24) is 0 Å². The Labute approximate surface area is 69.7 Å². The van der Waals surface area contributed by atoms with Gasteiger partial charge in [-0.05, 0) is 6.92 Å². The second kappa shape index (κ2) is 3.83. The number of hydrogen-bond donors (Lipinski definition) is 2. The van der Waals surface area contributed by atoms with Crippen molar-refractivity contribution in [3.63, 3.8) is 0 Å². The van der Waals surface area contributed by atoms with Crippen molar-refractivity contribution in [3.05, 3.63) is 0 Å². The molecule has 1 aliphatic rings. The topological polar surface area (TPSA) is 85.2 Å². The summed E-state index contributed by atoms with van der Waals surface area (Å²) in [5.74, 6) is 0. The van der Waals surface area contributed by atoms with Crippen LogP contribution in [0.25, 0.3) is 0 Å². The first-order valence-corrected chi connectivity index (χ1v) is 4.97. The average molecular weight is 198 g/mol. The molecule has 1 saturated heterocycles. The normalized spacial score (nSPS) is 30.9. The summed E-state index contributed by atoms with van der Waals surface area (Å²) in [5, 5.41) is 0. The number of phosphoric acid groups is 1. The minimum atomic E-state index is -4.37. The molecule has 12 heavy (non-hydrogen) atoms. The fraction of sp³-hybridized carbons (Fsp3) is 1.00. The summed E-state index contributed by atoms with van der Waals surface area (Å²) in [6.07, 6.45) is -0.706. The molecule has 0 aromatic rings. The highest BCUT2D eigenvalue weighted by atomic mass is 31.2. The molecule has 0 aromatic heterocycles. The van der Waals surface area contributed by atoms with Crippen LogP contribution in [0.5, 0.6) is 0 Å². The first-order chi connectivity index (χ1) is 5.47. The van der Waals surface area contributed by atoms with Gasteiger partial charge in [0.05, 0.1) is 13.2 Å². The van der Waals surface area contributed by atoms with E-state index in [1.54, 1.807) is 6.92 Å². The maximum atomic E-state index is 10.2. The number of rotatable bonds is 3. The number of phosphoric ester groups is 1. The van der Waals surface area contributed by atoms with Crippen LogP contribution >= 0.6 is 7.82 Å². The molecular weight excluding hydrogens is 187 g/mol. The molecule has 72 valence electrons. The van der Waals surface area contributed by atoms with Gasteiger partial charge >= 0.3 is 7.82 Å². The molecule has 0 bridgehead atoms. The van der Waals surface area contributed by atoms with Crippen molar-refractivity contribution >= 4 is 7.82 Å². The molecule has 0 amide bonds. The minimum absolute atomic E-state index is 0.144. The van der Waals surface area contributed by atoms with Gasteiger partial charge in [-0.2, -0.15) is 0 Å². The van der Waals surface area contributed by atoms with Crippen molar-refractivity contribution in [2.24, 2.45) is 0 Å². The lowest BCUT2D eigenvalue weighted by Crippen LogP contribution is -2.17. The van der Waals surface area contributed by atoms with Crippen LogP contribution in [0.3, 0.4) is 0 Å². The van der Waals surface area contributed by atoms with Gasteiger partial charge in [-0.25, -0.2) is 4.57 Å². The molecule has 2 unspecified atom stereocenters. The highest BCUT2D eigenvalue weighted by molar-refractivity contribution is 7.46. The Kier molecular flexibility index (Phi) is 3.22. The zero-order valence-corrected chi connectivity index (χ0v) is 7.44. The van der Waals surface area contributed by atoms with E-state index < -0.39 is 7.82 Å². The first kappa shape index (κ1) is 10.1. The molecule has 0 aromatic carbocycles. The Morgan fingerprint density at radius 2 is 2.33 bits per heavy atom. The fourth-order valence-electron chi connectivity index (χ4n) is 0.860. The average Bonchev–Trinajstić information content (AvgIpc) is 2.30. The monoisotopic (exact) mass is 198 g/mol. The molecule has 1 heterocycles. The fourth-order valence-corrected chi connectivity index (χ4v) is 1.22. The van der Waals surface area contributed by atoms with Gasteiger partial charge in [-0.1, -0.05) is 0 Å². The summed E-state index contributed by atoms with van der Waals surface area (Å²) in [6.45, 7) is 1.87. The van der Waals surface area contributed by atoms with E-state index in [1.165, 1.54) is 0 Å². The van der Waals surface area contributed by atoms with E-state index in [9.17, 15) is 4.57 Å². The van der Waals surface area contributed by atoms with Crippen molar-refractivity contribution < 1.29 is 28.3 Å². The second-order valence-corrected chi connectivity index (χ2v) is 3.68. The third-order valence-corrected chi connectivity index (χ3v) is 1.81. The SMILES string of the molecule is CC1OCC(COP(=O)(O)O)O1. The Morgan fingerprint density at radius 1 is 1.67 bits per heavy atom. The second-order valence-electron chi connectivity index (χ2n) is 2.45. The maximum absolute atomic E-state index is 10.2. The highest BCUT2D eigenvalue weighted by Gasteiger charge is 2.25. The third-order valence-electron chi connectivity index (χ3n) is 1.33. The molecule has 1 fully saturated rings. The van der Waals surface area contributed by atoms with E-state index in [4.69, 9.17) is 19.3 Å². The van der Waals surface area contributed by atoms with Crippen molar-refractivity contribution in [2.75, 3.05) is 13.2 Å². The minimum Gasteiger partial charge on any atom is -0.350 e. The third kappa shape index (κ3) is 3.62. The van der Waals surface area contributed by atoms with Crippen LogP contribution in [0.2, 0.25) is 0 Å². The lowest BCUT2D eigenvalue weighted by atomic mass is 10.4. The van der Waals surface area contributed by atoms with Crippen LogP contribution in [0.4, 0.5) is 0 Å². The molecule has 2 N–H and O–H groups in total. The molecule has 2 atom stereocenters. The van der Waals surface area contributed by atoms with Crippen molar-refractivity contribution in [2.45, 2.75) is 19.3 Å². The molecular formula is C5H11O6P. The van der Waals surface area contributed by atoms with Crippen LogP contribution < -0.4 is 0 Å². The Balaban J connectivity index is 2.21. The van der Waals surface area contributed by atoms with Crippen LogP contribution in [-0.2, 0) is 18.6 Å². The van der Waals surface area contributed by atoms with Crippen LogP contribution in [0, 0.1) is 0 Å². The van der Waals surface area contributed by atoms with E-state index in [0.717, 1.165) is 0 Å². The standard InChI is InChI=1S/C5H11O6P/c1-4-9-2-5(11-4)3-10-12(6,7)8/h4-5H,2-3H2,1H3,(H2,6,7,8). The van der Waals surface area contributed by atoms with E-state index in [2.05, 4.69) is 4.52 Å². The van der Waals surface area contributed by atoms with Gasteiger partial charge in [0.15, 0.2) is 6.29 Å². The summed E-state index contributed by atoms with van der Waals surface area (Å²) >= 11 is 0. The van der Waals surface area contributed by atoms with Gasteiger partial charge in [-0.15, -0.1) is 0 Å². The maximum Gasteiger partial charge on any atom is 0.469 e. The van der Waals surface area contributed by atoms with E-state index >= 15 is 0 Å². The van der Waals surface area contributed by atoms with Crippen LogP contribution in [-0.4, -0.2) is 35.4 Å². The van der Waals surface area contributed by atoms with Gasteiger partial charge in [0.2, 0.25) is 0 Å². The largest absolute Gasteiger partial charge is 0.469 e. The number of ether oxygens (including phenoxy) is 2. The zero-order valence-electron chi connectivity index (χ0n) is 6.54. The lowest BCUT2D eigenvalue weighted by molar-refractivity contribution is -0.0503. The summed E-state index contributed by atoms with van der Waals surface area (Å²) in [6, 6.07) is 0. The first-order valence-electron chi connectivity index (χ1n) is 3.44. The molecule has 1 rings (SSSR count). The van der Waals surface area contributed by atoms with Gasteiger partial charge in [0.1, 0.15) is 6.10 Å². The predicted octanol–water partition coefficient (Wildman–Crippen LogP) is -0.143. The molecule has 0 spiro atoms. The quantitative estimate of drug-likeness (QED) is 0.614. The predicted molar refractivity (Wildman–Crippen MR) is 38.3 cm³/mol. The molecule has 6 nitrogen and oxygen atoms in total. The molecule has 0 radical (unpaired) electrons. The summed E-state index contributed by atoms with van der Waals surface area (Å²) in [4.78, 5) is 16.7. The smallest absolute Gasteiger partial charge is 0.350 e. The van der Waals surface area contributed by atoms with Crippen LogP contribution in [0.1, 0.15) is 6.92 Å². The van der Waals surface area contributed by atoms with Gasteiger partial charge in [-0.3, -0.25) is 4.52 Å². The zero-order chi connectivity index (χ0) is 9.19. The summed E-state index contributed by atoms with van der Waals surface area (Å²) in [5.41, 5.74) is 0.